The Bertz CT molecular complexity index is 1180. The summed E-state index contributed by atoms with van der Waals surface area (Å²) in [7, 11) is 0. The van der Waals surface area contributed by atoms with Gasteiger partial charge in [0.25, 0.3) is 5.56 Å². The summed E-state index contributed by atoms with van der Waals surface area (Å²) < 4.78 is 1.32. The lowest BCUT2D eigenvalue weighted by Gasteiger charge is -2.19. The van der Waals surface area contributed by atoms with Crippen molar-refractivity contribution in [2.75, 3.05) is 10.6 Å². The standard InChI is InChI=1S/C23H26N4O3/c1-14-12-16(10-11-18(14)26-22(30)23(3,4)5)25-20(28)15(2)27-13-24-19-9-7-6-8-17(19)21(27)29/h6-13,15H,1-5H3,(H,25,28)(H,26,30). The predicted octanol–water partition coefficient (Wildman–Crippen LogP) is 3.89. The Kier molecular flexibility index (Phi) is 5.73. The second-order valence-corrected chi connectivity index (χ2v) is 8.37. The number of benzene rings is 2. The fraction of sp³-hybridized carbons (Fsp3) is 0.304. The molecule has 0 aliphatic heterocycles. The van der Waals surface area contributed by atoms with Crippen molar-refractivity contribution in [3.63, 3.8) is 0 Å². The quantitative estimate of drug-likeness (QED) is 0.687. The molecule has 2 N–H and O–H groups in total. The van der Waals surface area contributed by atoms with Crippen LogP contribution in [0, 0.1) is 12.3 Å². The van der Waals surface area contributed by atoms with Crippen LogP contribution in [0.15, 0.2) is 53.6 Å². The summed E-state index contributed by atoms with van der Waals surface area (Å²) in [5.41, 5.74) is 1.92. The van der Waals surface area contributed by atoms with Crippen molar-refractivity contribution in [3.05, 3.63) is 64.7 Å². The Morgan fingerprint density at radius 1 is 1.07 bits per heavy atom. The number of nitrogens with one attached hydrogen (secondary N) is 2. The first-order chi connectivity index (χ1) is 14.1. The van der Waals surface area contributed by atoms with Gasteiger partial charge >= 0.3 is 0 Å². The Morgan fingerprint density at radius 3 is 2.43 bits per heavy atom. The maximum atomic E-state index is 12.7. The first kappa shape index (κ1) is 21.2. The lowest BCUT2D eigenvalue weighted by atomic mass is 9.95. The van der Waals surface area contributed by atoms with E-state index in [0.717, 1.165) is 5.56 Å². The minimum atomic E-state index is -0.741. The molecule has 156 valence electrons. The van der Waals surface area contributed by atoms with Crippen LogP contribution < -0.4 is 16.2 Å². The predicted molar refractivity (Wildman–Crippen MR) is 119 cm³/mol. The second-order valence-electron chi connectivity index (χ2n) is 8.37. The maximum Gasteiger partial charge on any atom is 0.261 e. The van der Waals surface area contributed by atoms with Crippen molar-refractivity contribution in [1.82, 2.24) is 9.55 Å². The summed E-state index contributed by atoms with van der Waals surface area (Å²) in [5, 5.41) is 6.19. The first-order valence-electron chi connectivity index (χ1n) is 9.77. The van der Waals surface area contributed by atoms with E-state index in [1.54, 1.807) is 43.3 Å². The van der Waals surface area contributed by atoms with Gasteiger partial charge in [-0.1, -0.05) is 32.9 Å². The number of carbonyl (C=O) groups excluding carboxylic acids is 2. The third-order valence-electron chi connectivity index (χ3n) is 4.91. The number of carbonyl (C=O) groups is 2. The van der Waals surface area contributed by atoms with Gasteiger partial charge in [0.1, 0.15) is 6.04 Å². The number of aryl methyl sites for hydroxylation is 1. The average molecular weight is 406 g/mol. The van der Waals surface area contributed by atoms with E-state index in [-0.39, 0.29) is 17.4 Å². The van der Waals surface area contributed by atoms with Crippen LogP contribution in [0.25, 0.3) is 10.9 Å². The van der Waals surface area contributed by atoms with Crippen molar-refractivity contribution < 1.29 is 9.59 Å². The van der Waals surface area contributed by atoms with E-state index in [1.165, 1.54) is 10.9 Å². The number of rotatable bonds is 4. The van der Waals surface area contributed by atoms with Crippen molar-refractivity contribution >= 4 is 34.1 Å². The van der Waals surface area contributed by atoms with Crippen LogP contribution >= 0.6 is 0 Å². The Balaban J connectivity index is 1.77. The monoisotopic (exact) mass is 406 g/mol. The average Bonchev–Trinajstić information content (AvgIpc) is 2.69. The van der Waals surface area contributed by atoms with Crippen LogP contribution in [-0.4, -0.2) is 21.4 Å². The number of hydrogen-bond donors (Lipinski definition) is 2. The fourth-order valence-electron chi connectivity index (χ4n) is 2.92. The van der Waals surface area contributed by atoms with E-state index in [9.17, 15) is 14.4 Å². The molecule has 0 fully saturated rings. The highest BCUT2D eigenvalue weighted by Crippen LogP contribution is 2.23. The number of amides is 2. The molecule has 7 nitrogen and oxygen atoms in total. The van der Waals surface area contributed by atoms with E-state index in [2.05, 4.69) is 15.6 Å². The molecule has 0 radical (unpaired) electrons. The molecule has 1 heterocycles. The van der Waals surface area contributed by atoms with E-state index in [1.807, 2.05) is 33.8 Å². The number of nitrogens with zero attached hydrogens (tertiary/aromatic N) is 2. The number of hydrogen-bond acceptors (Lipinski definition) is 4. The third-order valence-corrected chi connectivity index (χ3v) is 4.91. The van der Waals surface area contributed by atoms with Crippen LogP contribution in [0.4, 0.5) is 11.4 Å². The van der Waals surface area contributed by atoms with Crippen LogP contribution in [-0.2, 0) is 9.59 Å². The van der Waals surface area contributed by atoms with Crippen LogP contribution in [0.1, 0.15) is 39.3 Å². The summed E-state index contributed by atoms with van der Waals surface area (Å²) in [6.07, 6.45) is 1.39. The second kappa shape index (κ2) is 8.10. The summed E-state index contributed by atoms with van der Waals surface area (Å²) in [6.45, 7) is 9.04. The molecule has 0 bridgehead atoms. The lowest BCUT2D eigenvalue weighted by Crippen LogP contribution is -2.31. The maximum absolute atomic E-state index is 12.7. The molecule has 3 rings (SSSR count). The molecule has 3 aromatic rings. The molecule has 1 aromatic heterocycles. The molecule has 2 amide bonds. The number of fused-ring (bicyclic) bond motifs is 1. The van der Waals surface area contributed by atoms with E-state index in [4.69, 9.17) is 0 Å². The van der Waals surface area contributed by atoms with Gasteiger partial charge in [0, 0.05) is 16.8 Å². The van der Waals surface area contributed by atoms with Crippen LogP contribution in [0.3, 0.4) is 0 Å². The van der Waals surface area contributed by atoms with Crippen molar-refractivity contribution in [3.8, 4) is 0 Å². The molecule has 0 spiro atoms. The normalized spacial score (nSPS) is 12.4. The lowest BCUT2D eigenvalue weighted by molar-refractivity contribution is -0.123. The molecule has 7 heteroatoms. The molecule has 0 aliphatic carbocycles. The van der Waals surface area contributed by atoms with Gasteiger partial charge in [-0.05, 0) is 49.7 Å². The molecule has 30 heavy (non-hydrogen) atoms. The van der Waals surface area contributed by atoms with Crippen LogP contribution in [0.2, 0.25) is 0 Å². The summed E-state index contributed by atoms with van der Waals surface area (Å²) in [5.74, 6) is -0.417. The van der Waals surface area contributed by atoms with Gasteiger partial charge in [-0.3, -0.25) is 19.0 Å². The zero-order chi connectivity index (χ0) is 22.1. The summed E-state index contributed by atoms with van der Waals surface area (Å²) in [4.78, 5) is 41.9. The molecular weight excluding hydrogens is 380 g/mol. The SMILES string of the molecule is Cc1cc(NC(=O)C(C)n2cnc3ccccc3c2=O)ccc1NC(=O)C(C)(C)C. The number of aromatic nitrogens is 2. The van der Waals surface area contributed by atoms with E-state index < -0.39 is 11.5 Å². The minimum absolute atomic E-state index is 0.0841. The largest absolute Gasteiger partial charge is 0.325 e. The molecular formula is C23H26N4O3. The Morgan fingerprint density at radius 2 is 1.77 bits per heavy atom. The zero-order valence-corrected chi connectivity index (χ0v) is 17.8. The van der Waals surface area contributed by atoms with Gasteiger partial charge in [0.05, 0.1) is 17.2 Å². The highest BCUT2D eigenvalue weighted by atomic mass is 16.2. The Hall–Kier alpha value is -3.48. The van der Waals surface area contributed by atoms with Crippen molar-refractivity contribution in [2.24, 2.45) is 5.41 Å². The molecule has 1 atom stereocenters. The summed E-state index contributed by atoms with van der Waals surface area (Å²) in [6, 6.07) is 11.5. The topological polar surface area (TPSA) is 93.1 Å². The van der Waals surface area contributed by atoms with Gasteiger partial charge < -0.3 is 10.6 Å². The number of para-hydroxylation sites is 1. The molecule has 0 saturated heterocycles. The summed E-state index contributed by atoms with van der Waals surface area (Å²) >= 11 is 0. The van der Waals surface area contributed by atoms with Crippen molar-refractivity contribution in [1.29, 1.82) is 0 Å². The van der Waals surface area contributed by atoms with Crippen molar-refractivity contribution in [2.45, 2.75) is 40.7 Å². The van der Waals surface area contributed by atoms with E-state index in [0.29, 0.717) is 22.3 Å². The first-order valence-corrected chi connectivity index (χ1v) is 9.77. The van der Waals surface area contributed by atoms with Gasteiger partial charge in [-0.15, -0.1) is 0 Å². The fourth-order valence-corrected chi connectivity index (χ4v) is 2.92. The van der Waals surface area contributed by atoms with Gasteiger partial charge in [0.2, 0.25) is 11.8 Å². The third kappa shape index (κ3) is 4.40. The number of anilines is 2. The van der Waals surface area contributed by atoms with Gasteiger partial charge in [-0.2, -0.15) is 0 Å². The minimum Gasteiger partial charge on any atom is -0.325 e. The highest BCUT2D eigenvalue weighted by molar-refractivity contribution is 5.97. The molecule has 1 unspecified atom stereocenters. The Labute approximate surface area is 175 Å². The van der Waals surface area contributed by atoms with Crippen LogP contribution in [0.5, 0.6) is 0 Å². The molecule has 2 aromatic carbocycles. The zero-order valence-electron chi connectivity index (χ0n) is 17.8. The smallest absolute Gasteiger partial charge is 0.261 e. The van der Waals surface area contributed by atoms with Gasteiger partial charge in [0.15, 0.2) is 0 Å². The van der Waals surface area contributed by atoms with Gasteiger partial charge in [-0.25, -0.2) is 4.98 Å². The molecule has 0 aliphatic rings. The molecule has 0 saturated carbocycles. The van der Waals surface area contributed by atoms with E-state index >= 15 is 0 Å². The highest BCUT2D eigenvalue weighted by Gasteiger charge is 2.22.